The van der Waals surface area contributed by atoms with E-state index >= 15 is 0 Å². The molecule has 0 aliphatic heterocycles. The molecule has 0 saturated carbocycles. The largest absolute Gasteiger partial charge is 0.386 e. The SMILES string of the molecule is N#C/C(=C/NCc1cccc(CN)c1)C(=O)Nc1ccc([N+](=O)[O-])cc1. The first-order valence-electron chi connectivity index (χ1n) is 7.71. The van der Waals surface area contributed by atoms with Crippen LogP contribution in [0.2, 0.25) is 0 Å². The Morgan fingerprint density at radius 3 is 2.54 bits per heavy atom. The number of rotatable bonds is 7. The Morgan fingerprint density at radius 1 is 1.23 bits per heavy atom. The molecule has 0 fully saturated rings. The summed E-state index contributed by atoms with van der Waals surface area (Å²) in [6.07, 6.45) is 1.33. The van der Waals surface area contributed by atoms with Crippen molar-refractivity contribution >= 4 is 17.3 Å². The number of anilines is 1. The number of nitrogens with two attached hydrogens (primary N) is 1. The lowest BCUT2D eigenvalue weighted by Gasteiger charge is -2.06. The zero-order valence-electron chi connectivity index (χ0n) is 13.8. The van der Waals surface area contributed by atoms with Crippen molar-refractivity contribution in [2.45, 2.75) is 13.1 Å². The maximum absolute atomic E-state index is 12.1. The van der Waals surface area contributed by atoms with Crippen molar-refractivity contribution in [3.05, 3.63) is 81.5 Å². The second-order valence-corrected chi connectivity index (χ2v) is 5.33. The number of nitrogens with one attached hydrogen (secondary N) is 2. The molecule has 4 N–H and O–H groups in total. The number of amides is 1. The number of nitriles is 1. The van der Waals surface area contributed by atoms with Gasteiger partial charge in [0.1, 0.15) is 11.6 Å². The molecule has 0 aliphatic carbocycles. The van der Waals surface area contributed by atoms with E-state index in [-0.39, 0.29) is 11.3 Å². The third kappa shape index (κ3) is 5.15. The summed E-state index contributed by atoms with van der Waals surface area (Å²) in [4.78, 5) is 22.2. The standard InChI is InChI=1S/C18H17N5O3/c19-9-13-2-1-3-14(8-13)11-21-12-15(10-20)18(24)22-16-4-6-17(7-5-16)23(25)26/h1-8,12,21H,9,11,19H2,(H,22,24)/b15-12-. The topological polar surface area (TPSA) is 134 Å². The fourth-order valence-corrected chi connectivity index (χ4v) is 2.15. The van der Waals surface area contributed by atoms with E-state index in [2.05, 4.69) is 10.6 Å². The van der Waals surface area contributed by atoms with Gasteiger partial charge >= 0.3 is 0 Å². The number of hydrogen-bond acceptors (Lipinski definition) is 6. The van der Waals surface area contributed by atoms with Crippen LogP contribution in [-0.4, -0.2) is 10.8 Å². The smallest absolute Gasteiger partial charge is 0.269 e. The zero-order valence-corrected chi connectivity index (χ0v) is 13.8. The first-order chi connectivity index (χ1) is 12.5. The highest BCUT2D eigenvalue weighted by Crippen LogP contribution is 2.16. The Labute approximate surface area is 150 Å². The Kier molecular flexibility index (Phi) is 6.42. The van der Waals surface area contributed by atoms with Crippen LogP contribution in [0.3, 0.4) is 0 Å². The van der Waals surface area contributed by atoms with Crippen LogP contribution in [0.25, 0.3) is 0 Å². The molecule has 0 radical (unpaired) electrons. The van der Waals surface area contributed by atoms with Gasteiger partial charge in [0.25, 0.3) is 11.6 Å². The van der Waals surface area contributed by atoms with Crippen LogP contribution < -0.4 is 16.4 Å². The van der Waals surface area contributed by atoms with E-state index < -0.39 is 10.8 Å². The molecular formula is C18H17N5O3. The van der Waals surface area contributed by atoms with Gasteiger partial charge in [0.05, 0.1) is 4.92 Å². The summed E-state index contributed by atoms with van der Waals surface area (Å²) in [5.41, 5.74) is 7.71. The molecule has 0 heterocycles. The summed E-state index contributed by atoms with van der Waals surface area (Å²) in [5.74, 6) is -0.607. The molecule has 0 atom stereocenters. The molecule has 0 aliphatic rings. The van der Waals surface area contributed by atoms with Crippen LogP contribution in [0.4, 0.5) is 11.4 Å². The number of nitro groups is 1. The van der Waals surface area contributed by atoms with Gasteiger partial charge in [-0.2, -0.15) is 5.26 Å². The first-order valence-corrected chi connectivity index (χ1v) is 7.71. The minimum absolute atomic E-state index is 0.0829. The predicted octanol–water partition coefficient (Wildman–Crippen LogP) is 2.19. The number of nitrogens with zero attached hydrogens (tertiary/aromatic N) is 2. The second-order valence-electron chi connectivity index (χ2n) is 5.33. The van der Waals surface area contributed by atoms with Crippen molar-refractivity contribution in [1.29, 1.82) is 5.26 Å². The number of carbonyl (C=O) groups is 1. The molecular weight excluding hydrogens is 334 g/mol. The molecule has 26 heavy (non-hydrogen) atoms. The number of non-ortho nitro benzene ring substituents is 1. The van der Waals surface area contributed by atoms with Crippen LogP contribution in [0.1, 0.15) is 11.1 Å². The summed E-state index contributed by atoms with van der Waals surface area (Å²) in [5, 5.41) is 25.2. The Hall–Kier alpha value is -3.70. The monoisotopic (exact) mass is 351 g/mol. The maximum atomic E-state index is 12.1. The molecule has 132 valence electrons. The molecule has 0 spiro atoms. The zero-order chi connectivity index (χ0) is 18.9. The van der Waals surface area contributed by atoms with Crippen LogP contribution in [-0.2, 0) is 17.9 Å². The van der Waals surface area contributed by atoms with Crippen LogP contribution in [0.15, 0.2) is 60.3 Å². The highest BCUT2D eigenvalue weighted by Gasteiger charge is 2.10. The van der Waals surface area contributed by atoms with E-state index in [1.165, 1.54) is 30.5 Å². The van der Waals surface area contributed by atoms with E-state index in [0.717, 1.165) is 11.1 Å². The third-order valence-electron chi connectivity index (χ3n) is 3.48. The summed E-state index contributed by atoms with van der Waals surface area (Å²) >= 11 is 0. The lowest BCUT2D eigenvalue weighted by molar-refractivity contribution is -0.384. The fourth-order valence-electron chi connectivity index (χ4n) is 2.15. The van der Waals surface area contributed by atoms with Gasteiger partial charge in [0.2, 0.25) is 0 Å². The maximum Gasteiger partial charge on any atom is 0.269 e. The summed E-state index contributed by atoms with van der Waals surface area (Å²) in [7, 11) is 0. The van der Waals surface area contributed by atoms with Crippen molar-refractivity contribution in [2.24, 2.45) is 5.73 Å². The van der Waals surface area contributed by atoms with Crippen molar-refractivity contribution in [3.8, 4) is 6.07 Å². The average Bonchev–Trinajstić information content (AvgIpc) is 2.65. The van der Waals surface area contributed by atoms with Crippen molar-refractivity contribution < 1.29 is 9.72 Å². The lowest BCUT2D eigenvalue weighted by Crippen LogP contribution is -2.16. The Bertz CT molecular complexity index is 869. The van der Waals surface area contributed by atoms with E-state index in [1.54, 1.807) is 0 Å². The first kappa shape index (κ1) is 18.6. The Balaban J connectivity index is 1.97. The molecule has 2 rings (SSSR count). The lowest BCUT2D eigenvalue weighted by atomic mass is 10.1. The van der Waals surface area contributed by atoms with Crippen molar-refractivity contribution in [1.82, 2.24) is 5.32 Å². The summed E-state index contributed by atoms with van der Waals surface area (Å²) < 4.78 is 0. The second kappa shape index (κ2) is 8.96. The van der Waals surface area contributed by atoms with Gasteiger partial charge in [-0.1, -0.05) is 24.3 Å². The Morgan fingerprint density at radius 2 is 1.92 bits per heavy atom. The molecule has 0 saturated heterocycles. The van der Waals surface area contributed by atoms with Crippen LogP contribution in [0.5, 0.6) is 0 Å². The normalized spacial score (nSPS) is 10.7. The minimum Gasteiger partial charge on any atom is -0.386 e. The summed E-state index contributed by atoms with van der Waals surface area (Å²) in [6.45, 7) is 0.870. The quantitative estimate of drug-likeness (QED) is 0.303. The predicted molar refractivity (Wildman–Crippen MR) is 96.6 cm³/mol. The molecule has 8 heteroatoms. The number of nitro benzene ring substituents is 1. The molecule has 0 bridgehead atoms. The van der Waals surface area contributed by atoms with Crippen molar-refractivity contribution in [3.63, 3.8) is 0 Å². The van der Waals surface area contributed by atoms with Crippen molar-refractivity contribution in [2.75, 3.05) is 5.32 Å². The van der Waals surface area contributed by atoms with E-state index in [4.69, 9.17) is 11.0 Å². The van der Waals surface area contributed by atoms with Gasteiger partial charge in [-0.15, -0.1) is 0 Å². The van der Waals surface area contributed by atoms with E-state index in [0.29, 0.717) is 18.8 Å². The number of hydrogen-bond donors (Lipinski definition) is 3. The summed E-state index contributed by atoms with van der Waals surface area (Å²) in [6, 6.07) is 14.8. The van der Waals surface area contributed by atoms with Gasteiger partial charge in [0.15, 0.2) is 0 Å². The highest BCUT2D eigenvalue weighted by atomic mass is 16.6. The average molecular weight is 351 g/mol. The highest BCUT2D eigenvalue weighted by molar-refractivity contribution is 6.06. The van der Waals surface area contributed by atoms with Gasteiger partial charge in [-0.05, 0) is 23.3 Å². The van der Waals surface area contributed by atoms with E-state index in [9.17, 15) is 14.9 Å². The minimum atomic E-state index is -0.607. The van der Waals surface area contributed by atoms with Crippen LogP contribution in [0, 0.1) is 21.4 Å². The fraction of sp³-hybridized carbons (Fsp3) is 0.111. The molecule has 0 unspecified atom stereocenters. The van der Waals surface area contributed by atoms with Gasteiger partial charge in [-0.25, -0.2) is 0 Å². The van der Waals surface area contributed by atoms with Crippen LogP contribution >= 0.6 is 0 Å². The van der Waals surface area contributed by atoms with Gasteiger partial charge < -0.3 is 16.4 Å². The molecule has 8 nitrogen and oxygen atoms in total. The molecule has 1 amide bonds. The number of benzene rings is 2. The van der Waals surface area contributed by atoms with Gasteiger partial charge in [-0.3, -0.25) is 14.9 Å². The molecule has 2 aromatic carbocycles. The van der Waals surface area contributed by atoms with E-state index in [1.807, 2.05) is 30.3 Å². The van der Waals surface area contributed by atoms with Gasteiger partial charge in [0, 0.05) is 37.1 Å². The number of carbonyl (C=O) groups excluding carboxylic acids is 1. The molecule has 0 aromatic heterocycles. The molecule has 2 aromatic rings. The third-order valence-corrected chi connectivity index (χ3v) is 3.48.